The molecule has 0 aliphatic carbocycles. The standard InChI is InChI=1S/C15H18ClN3/c1-2-19-14(8-12-4-3-6-17-10-12)9-13-5-7-18-11-15(13)16/h3-7,10-11,14,19H,2,8-9H2,1H3. The van der Waals surface area contributed by atoms with E-state index in [0.717, 1.165) is 30.0 Å². The van der Waals surface area contributed by atoms with Crippen molar-refractivity contribution in [3.8, 4) is 0 Å². The normalized spacial score (nSPS) is 12.3. The highest BCUT2D eigenvalue weighted by atomic mass is 35.5. The maximum atomic E-state index is 6.17. The molecular formula is C15H18ClN3. The lowest BCUT2D eigenvalue weighted by atomic mass is 10.0. The van der Waals surface area contributed by atoms with Crippen LogP contribution in [0.3, 0.4) is 0 Å². The Bertz CT molecular complexity index is 502. The first-order valence-corrected chi connectivity index (χ1v) is 6.88. The molecule has 0 aliphatic heterocycles. The van der Waals surface area contributed by atoms with Gasteiger partial charge < -0.3 is 5.32 Å². The van der Waals surface area contributed by atoms with E-state index in [4.69, 9.17) is 11.6 Å². The Morgan fingerprint density at radius 1 is 1.16 bits per heavy atom. The van der Waals surface area contributed by atoms with E-state index in [0.29, 0.717) is 6.04 Å². The fourth-order valence-electron chi connectivity index (χ4n) is 2.14. The Labute approximate surface area is 119 Å². The van der Waals surface area contributed by atoms with Crippen LogP contribution in [-0.2, 0) is 12.8 Å². The van der Waals surface area contributed by atoms with E-state index < -0.39 is 0 Å². The Balaban J connectivity index is 2.06. The van der Waals surface area contributed by atoms with Crippen LogP contribution >= 0.6 is 11.6 Å². The third kappa shape index (κ3) is 4.30. The Kier molecular flexibility index (Phi) is 5.31. The average Bonchev–Trinajstić information content (AvgIpc) is 2.43. The molecule has 4 heteroatoms. The van der Waals surface area contributed by atoms with E-state index in [9.17, 15) is 0 Å². The van der Waals surface area contributed by atoms with Crippen molar-refractivity contribution in [3.63, 3.8) is 0 Å². The zero-order valence-corrected chi connectivity index (χ0v) is 11.8. The number of pyridine rings is 2. The maximum absolute atomic E-state index is 6.17. The predicted octanol–water partition coefficient (Wildman–Crippen LogP) is 2.89. The van der Waals surface area contributed by atoms with Crippen molar-refractivity contribution in [1.82, 2.24) is 15.3 Å². The fourth-order valence-corrected chi connectivity index (χ4v) is 2.34. The summed E-state index contributed by atoms with van der Waals surface area (Å²) in [5.74, 6) is 0. The molecule has 1 N–H and O–H groups in total. The summed E-state index contributed by atoms with van der Waals surface area (Å²) in [7, 11) is 0. The summed E-state index contributed by atoms with van der Waals surface area (Å²) in [6.07, 6.45) is 9.03. The van der Waals surface area contributed by atoms with E-state index in [1.165, 1.54) is 5.56 Å². The summed E-state index contributed by atoms with van der Waals surface area (Å²) in [6, 6.07) is 6.41. The van der Waals surface area contributed by atoms with Gasteiger partial charge in [-0.25, -0.2) is 0 Å². The van der Waals surface area contributed by atoms with Crippen molar-refractivity contribution in [2.24, 2.45) is 0 Å². The second kappa shape index (κ2) is 7.22. The van der Waals surface area contributed by atoms with Crippen LogP contribution in [0.15, 0.2) is 43.0 Å². The number of hydrogen-bond donors (Lipinski definition) is 1. The van der Waals surface area contributed by atoms with Crippen molar-refractivity contribution in [2.75, 3.05) is 6.54 Å². The van der Waals surface area contributed by atoms with Crippen molar-refractivity contribution < 1.29 is 0 Å². The molecule has 0 aromatic carbocycles. The van der Waals surface area contributed by atoms with Gasteiger partial charge in [0, 0.05) is 30.8 Å². The molecule has 1 atom stereocenters. The van der Waals surface area contributed by atoms with Crippen molar-refractivity contribution in [3.05, 3.63) is 59.1 Å². The number of aromatic nitrogens is 2. The second-order valence-electron chi connectivity index (χ2n) is 4.49. The van der Waals surface area contributed by atoms with Crippen LogP contribution in [-0.4, -0.2) is 22.6 Å². The molecular weight excluding hydrogens is 258 g/mol. The SMILES string of the molecule is CCNC(Cc1cccnc1)Cc1ccncc1Cl. The number of hydrogen-bond acceptors (Lipinski definition) is 3. The summed E-state index contributed by atoms with van der Waals surface area (Å²) in [6.45, 7) is 3.05. The highest BCUT2D eigenvalue weighted by Gasteiger charge is 2.11. The van der Waals surface area contributed by atoms with Crippen molar-refractivity contribution in [2.45, 2.75) is 25.8 Å². The molecule has 0 saturated heterocycles. The van der Waals surface area contributed by atoms with Gasteiger partial charge in [-0.1, -0.05) is 24.6 Å². The van der Waals surface area contributed by atoms with E-state index in [2.05, 4.69) is 28.3 Å². The number of halogens is 1. The maximum Gasteiger partial charge on any atom is 0.0621 e. The highest BCUT2D eigenvalue weighted by molar-refractivity contribution is 6.31. The molecule has 2 heterocycles. The van der Waals surface area contributed by atoms with Crippen LogP contribution in [0.1, 0.15) is 18.1 Å². The van der Waals surface area contributed by atoms with Gasteiger partial charge in [0.1, 0.15) is 0 Å². The van der Waals surface area contributed by atoms with Gasteiger partial charge in [-0.3, -0.25) is 9.97 Å². The first-order valence-electron chi connectivity index (χ1n) is 6.50. The van der Waals surface area contributed by atoms with E-state index in [1.54, 1.807) is 18.6 Å². The zero-order chi connectivity index (χ0) is 13.5. The van der Waals surface area contributed by atoms with Crippen LogP contribution < -0.4 is 5.32 Å². The minimum Gasteiger partial charge on any atom is -0.314 e. The van der Waals surface area contributed by atoms with Gasteiger partial charge in [0.15, 0.2) is 0 Å². The summed E-state index contributed by atoms with van der Waals surface area (Å²) in [5.41, 5.74) is 2.37. The van der Waals surface area contributed by atoms with Crippen LogP contribution in [0.5, 0.6) is 0 Å². The minimum absolute atomic E-state index is 0.356. The van der Waals surface area contributed by atoms with Crippen LogP contribution in [0, 0.1) is 0 Å². The molecule has 0 spiro atoms. The topological polar surface area (TPSA) is 37.8 Å². The van der Waals surface area contributed by atoms with Crippen LogP contribution in [0.25, 0.3) is 0 Å². The lowest BCUT2D eigenvalue weighted by molar-refractivity contribution is 0.521. The average molecular weight is 276 g/mol. The van der Waals surface area contributed by atoms with E-state index >= 15 is 0 Å². The molecule has 0 aliphatic rings. The first-order chi connectivity index (χ1) is 9.29. The van der Waals surface area contributed by atoms with Gasteiger partial charge >= 0.3 is 0 Å². The number of nitrogens with one attached hydrogen (secondary N) is 1. The molecule has 0 amide bonds. The summed E-state index contributed by atoms with van der Waals surface area (Å²) < 4.78 is 0. The number of nitrogens with zero attached hydrogens (tertiary/aromatic N) is 2. The summed E-state index contributed by atoms with van der Waals surface area (Å²) in [5, 5.41) is 4.23. The van der Waals surface area contributed by atoms with Gasteiger partial charge in [-0.15, -0.1) is 0 Å². The molecule has 2 rings (SSSR count). The van der Waals surface area contributed by atoms with E-state index in [1.807, 2.05) is 18.3 Å². The molecule has 0 bridgehead atoms. The molecule has 0 radical (unpaired) electrons. The van der Waals surface area contributed by atoms with Crippen molar-refractivity contribution in [1.29, 1.82) is 0 Å². The smallest absolute Gasteiger partial charge is 0.0621 e. The lowest BCUT2D eigenvalue weighted by Gasteiger charge is -2.18. The Hall–Kier alpha value is -1.45. The third-order valence-corrected chi connectivity index (χ3v) is 3.36. The molecule has 1 unspecified atom stereocenters. The largest absolute Gasteiger partial charge is 0.314 e. The molecule has 2 aromatic rings. The molecule has 2 aromatic heterocycles. The van der Waals surface area contributed by atoms with Gasteiger partial charge in [0.2, 0.25) is 0 Å². The van der Waals surface area contributed by atoms with Crippen LogP contribution in [0.4, 0.5) is 0 Å². The molecule has 3 nitrogen and oxygen atoms in total. The van der Waals surface area contributed by atoms with Gasteiger partial charge in [-0.2, -0.15) is 0 Å². The van der Waals surface area contributed by atoms with Crippen molar-refractivity contribution >= 4 is 11.6 Å². The molecule has 19 heavy (non-hydrogen) atoms. The highest BCUT2D eigenvalue weighted by Crippen LogP contribution is 2.16. The monoisotopic (exact) mass is 275 g/mol. The first kappa shape index (κ1) is 14.0. The fraction of sp³-hybridized carbons (Fsp3) is 0.333. The third-order valence-electron chi connectivity index (χ3n) is 3.02. The lowest BCUT2D eigenvalue weighted by Crippen LogP contribution is -2.33. The quantitative estimate of drug-likeness (QED) is 0.881. The summed E-state index contributed by atoms with van der Waals surface area (Å²) >= 11 is 6.17. The van der Waals surface area contributed by atoms with E-state index in [-0.39, 0.29) is 0 Å². The predicted molar refractivity (Wildman–Crippen MR) is 78.4 cm³/mol. The Morgan fingerprint density at radius 3 is 2.68 bits per heavy atom. The van der Waals surface area contributed by atoms with Gasteiger partial charge in [0.05, 0.1) is 5.02 Å². The minimum atomic E-state index is 0.356. The Morgan fingerprint density at radius 2 is 2.00 bits per heavy atom. The number of rotatable bonds is 6. The van der Waals surface area contributed by atoms with Crippen LogP contribution in [0.2, 0.25) is 5.02 Å². The molecule has 0 saturated carbocycles. The van der Waals surface area contributed by atoms with Gasteiger partial charge in [0.25, 0.3) is 0 Å². The molecule has 100 valence electrons. The zero-order valence-electron chi connectivity index (χ0n) is 11.0. The molecule has 0 fully saturated rings. The summed E-state index contributed by atoms with van der Waals surface area (Å²) in [4.78, 5) is 8.18. The van der Waals surface area contributed by atoms with Gasteiger partial charge in [-0.05, 0) is 42.6 Å². The second-order valence-corrected chi connectivity index (χ2v) is 4.90. The number of likely N-dealkylation sites (N-methyl/N-ethyl adjacent to an activating group) is 1.